The number of carbonyl (C=O) groups is 1. The molecule has 0 spiro atoms. The van der Waals surface area contributed by atoms with Gasteiger partial charge in [-0.2, -0.15) is 26.3 Å². The largest absolute Gasteiger partial charge is 0.496 e. The Kier molecular flexibility index (Phi) is 9.78. The van der Waals surface area contributed by atoms with E-state index in [1.807, 2.05) is 0 Å². The molecule has 14 heteroatoms. The second-order valence-corrected chi connectivity index (χ2v) is 7.29. The van der Waals surface area contributed by atoms with Gasteiger partial charge in [0.2, 0.25) is 0 Å². The fraction of sp³-hybridized carbons (Fsp3) is 0.500. The molecule has 0 aliphatic carbocycles. The number of rotatable bonds is 6. The Morgan fingerprint density at radius 1 is 1.07 bits per heavy atom. The standard InChI is InChI=1S/C10H6F6O3.C4H10ClO3P/c1-19-6-3-4(9(11,12)13)2-5(10(14,15)16)7(6)8(17)18;1-3-7-9(5,6)8-4-2/h2-3H,1H3,(H,17,18);3-4H2,1-2H3. The van der Waals surface area contributed by atoms with Crippen LogP contribution in [0, 0.1) is 0 Å². The fourth-order valence-electron chi connectivity index (χ4n) is 1.73. The summed E-state index contributed by atoms with van der Waals surface area (Å²) in [5.74, 6) is -3.03. The van der Waals surface area contributed by atoms with Gasteiger partial charge in [0.05, 0.1) is 31.5 Å². The van der Waals surface area contributed by atoms with E-state index in [0.717, 1.165) is 7.11 Å². The minimum absolute atomic E-state index is 0.207. The van der Waals surface area contributed by atoms with Crippen molar-refractivity contribution < 1.29 is 54.6 Å². The van der Waals surface area contributed by atoms with Gasteiger partial charge in [-0.1, -0.05) is 0 Å². The third-order valence-corrected chi connectivity index (χ3v) is 4.45. The summed E-state index contributed by atoms with van der Waals surface area (Å²) in [5, 5.41) is 8.67. The molecule has 1 rings (SSSR count). The summed E-state index contributed by atoms with van der Waals surface area (Å²) in [6.45, 7) is 0.797. The summed E-state index contributed by atoms with van der Waals surface area (Å²) in [5.41, 5.74) is -4.91. The molecule has 0 aromatic heterocycles. The van der Waals surface area contributed by atoms with Crippen molar-refractivity contribution in [3.05, 3.63) is 28.8 Å². The first-order chi connectivity index (χ1) is 12.6. The molecule has 1 aromatic carbocycles. The van der Waals surface area contributed by atoms with Crippen LogP contribution in [0.25, 0.3) is 0 Å². The lowest BCUT2D eigenvalue weighted by Crippen LogP contribution is -2.17. The number of halogens is 7. The maximum Gasteiger partial charge on any atom is 0.424 e. The smallest absolute Gasteiger partial charge is 0.424 e. The Labute approximate surface area is 160 Å². The molecule has 0 saturated carbocycles. The molecule has 6 nitrogen and oxygen atoms in total. The lowest BCUT2D eigenvalue weighted by Gasteiger charge is -2.16. The molecular formula is C14H16ClF6O6P. The van der Waals surface area contributed by atoms with E-state index in [1.165, 1.54) is 0 Å². The highest BCUT2D eigenvalue weighted by Gasteiger charge is 2.41. The topological polar surface area (TPSA) is 82.1 Å². The second kappa shape index (κ2) is 10.3. The molecular weight excluding hydrogens is 445 g/mol. The van der Waals surface area contributed by atoms with Gasteiger partial charge in [0.15, 0.2) is 0 Å². The maximum atomic E-state index is 12.6. The summed E-state index contributed by atoms with van der Waals surface area (Å²) in [7, 11) is 0.780. The summed E-state index contributed by atoms with van der Waals surface area (Å²) in [6.07, 6.45) is -10.3. The van der Waals surface area contributed by atoms with E-state index in [4.69, 9.17) is 16.3 Å². The van der Waals surface area contributed by atoms with Gasteiger partial charge in [0.25, 0.3) is 0 Å². The van der Waals surface area contributed by atoms with E-state index in [1.54, 1.807) is 13.8 Å². The first-order valence-corrected chi connectivity index (χ1v) is 9.73. The molecule has 0 atom stereocenters. The van der Waals surface area contributed by atoms with Crippen LogP contribution in [0.1, 0.15) is 35.3 Å². The van der Waals surface area contributed by atoms with E-state index < -0.39 is 47.7 Å². The molecule has 28 heavy (non-hydrogen) atoms. The van der Waals surface area contributed by atoms with Gasteiger partial charge in [-0.05, 0) is 26.0 Å². The van der Waals surface area contributed by atoms with Crippen molar-refractivity contribution in [2.24, 2.45) is 0 Å². The molecule has 0 aliphatic rings. The summed E-state index contributed by atoms with van der Waals surface area (Å²) >= 11 is 5.25. The zero-order valence-corrected chi connectivity index (χ0v) is 16.3. The molecule has 0 heterocycles. The van der Waals surface area contributed by atoms with E-state index in [0.29, 0.717) is 13.2 Å². The molecule has 0 unspecified atom stereocenters. The van der Waals surface area contributed by atoms with Crippen LogP contribution in [-0.2, 0) is 26.0 Å². The Morgan fingerprint density at radius 3 is 1.82 bits per heavy atom. The SMILES string of the molecule is CCOP(=O)(Cl)OCC.COc1cc(C(F)(F)F)cc(C(F)(F)F)c1C(=O)O. The van der Waals surface area contributed by atoms with Crippen molar-refractivity contribution in [1.82, 2.24) is 0 Å². The van der Waals surface area contributed by atoms with Gasteiger partial charge < -0.3 is 9.84 Å². The zero-order chi connectivity index (χ0) is 22.3. The maximum absolute atomic E-state index is 12.6. The van der Waals surface area contributed by atoms with Crippen molar-refractivity contribution in [3.8, 4) is 5.75 Å². The number of carboxylic acid groups (broad SMARTS) is 1. The van der Waals surface area contributed by atoms with Gasteiger partial charge >= 0.3 is 25.3 Å². The van der Waals surface area contributed by atoms with Crippen molar-refractivity contribution in [1.29, 1.82) is 0 Å². The molecule has 0 radical (unpaired) electrons. The van der Waals surface area contributed by atoms with E-state index >= 15 is 0 Å². The molecule has 1 N–H and O–H groups in total. The number of benzene rings is 1. The highest BCUT2D eigenvalue weighted by molar-refractivity contribution is 7.81. The zero-order valence-electron chi connectivity index (χ0n) is 14.7. The van der Waals surface area contributed by atoms with Crippen LogP contribution >= 0.6 is 18.2 Å². The molecule has 162 valence electrons. The van der Waals surface area contributed by atoms with Crippen molar-refractivity contribution in [2.75, 3.05) is 20.3 Å². The third kappa shape index (κ3) is 8.26. The minimum atomic E-state index is -5.25. The van der Waals surface area contributed by atoms with Crippen LogP contribution in [0.2, 0.25) is 0 Å². The van der Waals surface area contributed by atoms with E-state index in [2.05, 4.69) is 13.8 Å². The van der Waals surface area contributed by atoms with E-state index in [-0.39, 0.29) is 12.1 Å². The number of ether oxygens (including phenoxy) is 1. The van der Waals surface area contributed by atoms with Crippen LogP contribution in [0.15, 0.2) is 12.1 Å². The Hall–Kier alpha value is -1.49. The molecule has 0 aliphatic heterocycles. The van der Waals surface area contributed by atoms with Crippen LogP contribution in [0.5, 0.6) is 5.75 Å². The summed E-state index contributed by atoms with van der Waals surface area (Å²) in [6, 6.07) is -0.0509. The molecule has 0 fully saturated rings. The Morgan fingerprint density at radius 2 is 1.54 bits per heavy atom. The average Bonchev–Trinajstić information content (AvgIpc) is 2.52. The first kappa shape index (κ1) is 26.5. The lowest BCUT2D eigenvalue weighted by molar-refractivity contribution is -0.143. The molecule has 1 aromatic rings. The first-order valence-electron chi connectivity index (χ1n) is 7.29. The number of hydrogen-bond acceptors (Lipinski definition) is 5. The van der Waals surface area contributed by atoms with Gasteiger partial charge in [-0.15, -0.1) is 0 Å². The molecule has 0 bridgehead atoms. The Balaban J connectivity index is 0.000000684. The highest BCUT2D eigenvalue weighted by Crippen LogP contribution is 2.53. The molecule has 0 saturated heterocycles. The third-order valence-electron chi connectivity index (χ3n) is 2.74. The summed E-state index contributed by atoms with van der Waals surface area (Å²) < 4.78 is 99.3. The van der Waals surface area contributed by atoms with Crippen molar-refractivity contribution >= 4 is 24.2 Å². The molecule has 0 amide bonds. The number of carboxylic acids is 1. The van der Waals surface area contributed by atoms with Gasteiger partial charge in [-0.3, -0.25) is 9.05 Å². The van der Waals surface area contributed by atoms with Crippen LogP contribution in [-0.4, -0.2) is 31.4 Å². The lowest BCUT2D eigenvalue weighted by atomic mass is 10.0. The predicted molar refractivity (Wildman–Crippen MR) is 86.7 cm³/mol. The van der Waals surface area contributed by atoms with Crippen LogP contribution in [0.4, 0.5) is 26.3 Å². The van der Waals surface area contributed by atoms with Crippen molar-refractivity contribution in [3.63, 3.8) is 0 Å². The minimum Gasteiger partial charge on any atom is -0.496 e. The van der Waals surface area contributed by atoms with Crippen molar-refractivity contribution in [2.45, 2.75) is 26.2 Å². The van der Waals surface area contributed by atoms with Crippen LogP contribution in [0.3, 0.4) is 0 Å². The average molecular weight is 461 g/mol. The second-order valence-electron chi connectivity index (χ2n) is 4.67. The predicted octanol–water partition coefficient (Wildman–Crippen LogP) is 5.84. The normalized spacial score (nSPS) is 12.2. The number of methoxy groups -OCH3 is 1. The van der Waals surface area contributed by atoms with Crippen LogP contribution < -0.4 is 4.74 Å². The fourth-order valence-corrected chi connectivity index (χ4v) is 3.01. The number of alkyl halides is 6. The number of aromatic carboxylic acids is 1. The highest BCUT2D eigenvalue weighted by atomic mass is 35.7. The number of hydrogen-bond donors (Lipinski definition) is 1. The van der Waals surface area contributed by atoms with Gasteiger partial charge in [0.1, 0.15) is 11.3 Å². The van der Waals surface area contributed by atoms with Gasteiger partial charge in [0, 0.05) is 11.2 Å². The monoisotopic (exact) mass is 460 g/mol. The Bertz CT molecular complexity index is 711. The van der Waals surface area contributed by atoms with E-state index in [9.17, 15) is 35.7 Å². The van der Waals surface area contributed by atoms with Gasteiger partial charge in [-0.25, -0.2) is 9.36 Å². The summed E-state index contributed by atoms with van der Waals surface area (Å²) in [4.78, 5) is 10.7. The quantitative estimate of drug-likeness (QED) is 0.424.